The van der Waals surface area contributed by atoms with Gasteiger partial charge in [-0.25, -0.2) is 4.39 Å². The Hall–Kier alpha value is -4.23. The zero-order valence-electron chi connectivity index (χ0n) is 18.0. The van der Waals surface area contributed by atoms with Crippen LogP contribution in [0.4, 0.5) is 4.39 Å². The van der Waals surface area contributed by atoms with E-state index in [1.165, 1.54) is 55.9 Å². The maximum atomic E-state index is 13.8. The highest BCUT2D eigenvalue weighted by atomic mass is 19.1. The summed E-state index contributed by atoms with van der Waals surface area (Å²) in [5.74, 6) is -0.224. The van der Waals surface area contributed by atoms with Crippen molar-refractivity contribution in [1.29, 1.82) is 0 Å². The second-order valence-corrected chi connectivity index (χ2v) is 8.26. The topological polar surface area (TPSA) is 0 Å². The van der Waals surface area contributed by atoms with Crippen molar-refractivity contribution in [1.82, 2.24) is 0 Å². The van der Waals surface area contributed by atoms with Crippen LogP contribution < -0.4 is 0 Å². The number of fused-ring (bicyclic) bond motifs is 2. The molecule has 6 aromatic carbocycles. The van der Waals surface area contributed by atoms with E-state index in [4.69, 9.17) is 0 Å². The summed E-state index contributed by atoms with van der Waals surface area (Å²) >= 11 is 0. The smallest absolute Gasteiger partial charge is 0.123 e. The molecule has 0 saturated heterocycles. The third kappa shape index (κ3) is 3.30. The van der Waals surface area contributed by atoms with E-state index in [0.717, 1.165) is 11.1 Å². The fraction of sp³-hybridized carbons (Fsp3) is 0. The lowest BCUT2D eigenvalue weighted by Crippen LogP contribution is -1.93. The first-order valence-electron chi connectivity index (χ1n) is 11.2. The highest BCUT2D eigenvalue weighted by molar-refractivity contribution is 6.24. The molecule has 0 nitrogen and oxygen atoms in total. The van der Waals surface area contributed by atoms with Crippen LogP contribution in [0.1, 0.15) is 0 Å². The normalized spacial score (nSPS) is 11.2. The third-order valence-corrected chi connectivity index (χ3v) is 6.33. The first-order valence-corrected chi connectivity index (χ1v) is 11.2. The first-order chi connectivity index (χ1) is 16.3. The summed E-state index contributed by atoms with van der Waals surface area (Å²) in [7, 11) is 0. The van der Waals surface area contributed by atoms with E-state index in [1.54, 1.807) is 0 Å². The SMILES string of the molecule is Fc1ccc(-c2cccc3c(-c4ccccc4)c4ccccc4c(-c4ccccc4)c23)cc1. The van der Waals surface area contributed by atoms with Gasteiger partial charge >= 0.3 is 0 Å². The van der Waals surface area contributed by atoms with Gasteiger partial charge in [0.05, 0.1) is 0 Å². The molecule has 0 heterocycles. The van der Waals surface area contributed by atoms with Gasteiger partial charge in [-0.2, -0.15) is 0 Å². The number of hydrogen-bond acceptors (Lipinski definition) is 0. The molecule has 1 heteroatoms. The highest BCUT2D eigenvalue weighted by Gasteiger charge is 2.19. The Labute approximate surface area is 192 Å². The van der Waals surface area contributed by atoms with Crippen molar-refractivity contribution in [3.63, 3.8) is 0 Å². The summed E-state index contributed by atoms with van der Waals surface area (Å²) in [5, 5.41) is 4.82. The number of halogens is 1. The predicted molar refractivity (Wildman–Crippen MR) is 138 cm³/mol. The molecule has 0 fully saturated rings. The average molecular weight is 425 g/mol. The molecule has 0 spiro atoms. The van der Waals surface area contributed by atoms with Gasteiger partial charge in [-0.15, -0.1) is 0 Å². The lowest BCUT2D eigenvalue weighted by Gasteiger charge is -2.20. The fourth-order valence-corrected chi connectivity index (χ4v) is 4.92. The summed E-state index contributed by atoms with van der Waals surface area (Å²) in [6, 6.07) is 43.1. The van der Waals surface area contributed by atoms with Gasteiger partial charge in [0.1, 0.15) is 5.82 Å². The maximum absolute atomic E-state index is 13.8. The molecule has 0 unspecified atom stereocenters. The lowest BCUT2D eigenvalue weighted by molar-refractivity contribution is 0.628. The molecule has 0 atom stereocenters. The monoisotopic (exact) mass is 424 g/mol. The Morgan fingerprint density at radius 1 is 0.364 bits per heavy atom. The van der Waals surface area contributed by atoms with Gasteiger partial charge in [-0.3, -0.25) is 0 Å². The van der Waals surface area contributed by atoms with Crippen LogP contribution in [0.15, 0.2) is 127 Å². The summed E-state index contributed by atoms with van der Waals surface area (Å²) in [6.07, 6.45) is 0. The minimum atomic E-state index is -0.224. The molecular formula is C32H21F. The molecular weight excluding hydrogens is 403 g/mol. The maximum Gasteiger partial charge on any atom is 0.123 e. The molecule has 156 valence electrons. The summed E-state index contributed by atoms with van der Waals surface area (Å²) in [4.78, 5) is 0. The molecule has 0 saturated carbocycles. The second kappa shape index (κ2) is 8.03. The van der Waals surface area contributed by atoms with Crippen LogP contribution >= 0.6 is 0 Å². The Kier molecular flexibility index (Phi) is 4.74. The fourth-order valence-electron chi connectivity index (χ4n) is 4.92. The van der Waals surface area contributed by atoms with Crippen molar-refractivity contribution in [2.75, 3.05) is 0 Å². The number of rotatable bonds is 3. The quantitative estimate of drug-likeness (QED) is 0.248. The largest absolute Gasteiger partial charge is 0.207 e. The van der Waals surface area contributed by atoms with Gasteiger partial charge < -0.3 is 0 Å². The molecule has 33 heavy (non-hydrogen) atoms. The van der Waals surface area contributed by atoms with Gasteiger partial charge in [0, 0.05) is 0 Å². The van der Waals surface area contributed by atoms with Crippen LogP contribution in [0, 0.1) is 5.82 Å². The molecule has 0 aliphatic rings. The highest BCUT2D eigenvalue weighted by Crippen LogP contribution is 2.46. The summed E-state index contributed by atoms with van der Waals surface area (Å²) in [6.45, 7) is 0. The predicted octanol–water partition coefficient (Wildman–Crippen LogP) is 9.13. The Bertz CT molecular complexity index is 1580. The zero-order valence-corrected chi connectivity index (χ0v) is 18.0. The lowest BCUT2D eigenvalue weighted by atomic mass is 9.83. The second-order valence-electron chi connectivity index (χ2n) is 8.26. The summed E-state index contributed by atoms with van der Waals surface area (Å²) in [5.41, 5.74) is 6.91. The Balaban J connectivity index is 1.86. The van der Waals surface area contributed by atoms with Crippen molar-refractivity contribution in [2.45, 2.75) is 0 Å². The number of benzene rings is 6. The van der Waals surface area contributed by atoms with Crippen LogP contribution in [0.5, 0.6) is 0 Å². The van der Waals surface area contributed by atoms with Crippen LogP contribution in [0.2, 0.25) is 0 Å². The van der Waals surface area contributed by atoms with Gasteiger partial charge in [-0.1, -0.05) is 115 Å². The zero-order chi connectivity index (χ0) is 22.2. The van der Waals surface area contributed by atoms with Crippen LogP contribution in [-0.4, -0.2) is 0 Å². The van der Waals surface area contributed by atoms with E-state index in [2.05, 4.69) is 97.1 Å². The van der Waals surface area contributed by atoms with Gasteiger partial charge in [0.25, 0.3) is 0 Å². The van der Waals surface area contributed by atoms with E-state index in [0.29, 0.717) is 0 Å². The Morgan fingerprint density at radius 2 is 0.879 bits per heavy atom. The minimum Gasteiger partial charge on any atom is -0.207 e. The standard InChI is InChI=1S/C32H21F/c33-25-20-18-22(19-21-25)26-16-9-17-29-30(23-10-3-1-4-11-23)27-14-7-8-15-28(27)31(32(26)29)24-12-5-2-6-13-24/h1-21H. The van der Waals surface area contributed by atoms with Crippen molar-refractivity contribution in [3.05, 3.63) is 133 Å². The first kappa shape index (κ1) is 19.5. The van der Waals surface area contributed by atoms with Gasteiger partial charge in [0.2, 0.25) is 0 Å². The van der Waals surface area contributed by atoms with Crippen LogP contribution in [-0.2, 0) is 0 Å². The molecule has 0 bridgehead atoms. The molecule has 0 aromatic heterocycles. The minimum absolute atomic E-state index is 0.224. The van der Waals surface area contributed by atoms with E-state index in [-0.39, 0.29) is 5.82 Å². The van der Waals surface area contributed by atoms with Crippen molar-refractivity contribution in [2.24, 2.45) is 0 Å². The van der Waals surface area contributed by atoms with Crippen LogP contribution in [0.3, 0.4) is 0 Å². The van der Waals surface area contributed by atoms with Crippen LogP contribution in [0.25, 0.3) is 54.9 Å². The molecule has 6 aromatic rings. The van der Waals surface area contributed by atoms with E-state index >= 15 is 0 Å². The van der Waals surface area contributed by atoms with Gasteiger partial charge in [-0.05, 0) is 67.1 Å². The average Bonchev–Trinajstić information content (AvgIpc) is 2.88. The van der Waals surface area contributed by atoms with E-state index < -0.39 is 0 Å². The molecule has 0 aliphatic heterocycles. The third-order valence-electron chi connectivity index (χ3n) is 6.33. The van der Waals surface area contributed by atoms with E-state index in [9.17, 15) is 4.39 Å². The molecule has 0 amide bonds. The van der Waals surface area contributed by atoms with Crippen molar-refractivity contribution in [3.8, 4) is 33.4 Å². The molecule has 0 radical (unpaired) electrons. The summed E-state index contributed by atoms with van der Waals surface area (Å²) < 4.78 is 13.8. The van der Waals surface area contributed by atoms with Crippen molar-refractivity contribution >= 4 is 21.5 Å². The molecule has 6 rings (SSSR count). The van der Waals surface area contributed by atoms with Crippen molar-refractivity contribution < 1.29 is 4.39 Å². The van der Waals surface area contributed by atoms with Gasteiger partial charge in [0.15, 0.2) is 0 Å². The molecule has 0 N–H and O–H groups in total. The Morgan fingerprint density at radius 3 is 1.52 bits per heavy atom. The molecule has 0 aliphatic carbocycles. The number of hydrogen-bond donors (Lipinski definition) is 0. The van der Waals surface area contributed by atoms with E-state index in [1.807, 2.05) is 18.2 Å².